The molecule has 1 heteroatoms. The fourth-order valence-corrected chi connectivity index (χ4v) is 4.93. The van der Waals surface area contributed by atoms with Crippen LogP contribution < -0.4 is 5.32 Å². The lowest BCUT2D eigenvalue weighted by atomic mass is 9.76. The predicted molar refractivity (Wildman–Crippen MR) is 123 cm³/mol. The molecule has 5 rings (SSSR count). The van der Waals surface area contributed by atoms with Crippen LogP contribution in [0.2, 0.25) is 0 Å². The fourth-order valence-electron chi connectivity index (χ4n) is 4.93. The topological polar surface area (TPSA) is 12.0 Å². The Morgan fingerprint density at radius 3 is 2.31 bits per heavy atom. The highest BCUT2D eigenvalue weighted by molar-refractivity contribution is 5.71. The minimum Gasteiger partial charge on any atom is -0.378 e. The molecule has 3 aromatic rings. The molecule has 1 N–H and O–H groups in total. The van der Waals surface area contributed by atoms with Gasteiger partial charge in [-0.25, -0.2) is 0 Å². The minimum absolute atomic E-state index is 0.191. The molecule has 0 saturated heterocycles. The van der Waals surface area contributed by atoms with E-state index in [0.717, 1.165) is 6.42 Å². The summed E-state index contributed by atoms with van der Waals surface area (Å²) in [6.45, 7) is 6.83. The zero-order valence-electron chi connectivity index (χ0n) is 17.5. The third-order valence-corrected chi connectivity index (χ3v) is 6.61. The summed E-state index contributed by atoms with van der Waals surface area (Å²) in [6.07, 6.45) is 5.94. The number of hydrogen-bond donors (Lipinski definition) is 1. The Labute approximate surface area is 174 Å². The van der Waals surface area contributed by atoms with Gasteiger partial charge in [-0.2, -0.15) is 0 Å². The van der Waals surface area contributed by atoms with Crippen LogP contribution in [0.4, 0.5) is 5.69 Å². The van der Waals surface area contributed by atoms with E-state index in [0.29, 0.717) is 17.9 Å². The van der Waals surface area contributed by atoms with Crippen molar-refractivity contribution in [2.75, 3.05) is 5.32 Å². The molecule has 3 atom stereocenters. The number of fused-ring (bicyclic) bond motifs is 3. The van der Waals surface area contributed by atoms with Crippen LogP contribution in [-0.2, 0) is 5.41 Å². The van der Waals surface area contributed by atoms with Crippen LogP contribution in [-0.4, -0.2) is 0 Å². The van der Waals surface area contributed by atoms with E-state index in [4.69, 9.17) is 0 Å². The second-order valence-electron chi connectivity index (χ2n) is 9.52. The molecule has 146 valence electrons. The summed E-state index contributed by atoms with van der Waals surface area (Å²) in [7, 11) is 0. The first-order valence-electron chi connectivity index (χ1n) is 10.7. The van der Waals surface area contributed by atoms with Gasteiger partial charge in [-0.3, -0.25) is 0 Å². The zero-order chi connectivity index (χ0) is 20.0. The smallest absolute Gasteiger partial charge is 0.0553 e. The number of allylic oxidation sites excluding steroid dienone is 2. The fraction of sp³-hybridized carbons (Fsp3) is 0.286. The van der Waals surface area contributed by atoms with Crippen LogP contribution in [0.5, 0.6) is 0 Å². The summed E-state index contributed by atoms with van der Waals surface area (Å²) >= 11 is 0. The van der Waals surface area contributed by atoms with E-state index < -0.39 is 0 Å². The molecule has 0 bridgehead atoms. The third-order valence-electron chi connectivity index (χ3n) is 6.61. The van der Waals surface area contributed by atoms with Gasteiger partial charge in [0.15, 0.2) is 0 Å². The molecular formula is C28H29N. The SMILES string of the molecule is CC(C)(C)c1ccc([C@@H]2Nc3ccc(-c4ccccc4)cc3[C@H]3C=CC[C@@H]32)cc1. The first kappa shape index (κ1) is 18.2. The van der Waals surface area contributed by atoms with E-state index in [-0.39, 0.29) is 5.41 Å². The van der Waals surface area contributed by atoms with Gasteiger partial charge in [0.1, 0.15) is 0 Å². The van der Waals surface area contributed by atoms with E-state index in [1.165, 1.54) is 33.5 Å². The van der Waals surface area contributed by atoms with Gasteiger partial charge in [0.05, 0.1) is 6.04 Å². The normalized spacial score (nSPS) is 22.7. The predicted octanol–water partition coefficient (Wildman–Crippen LogP) is 7.48. The molecule has 0 fully saturated rings. The van der Waals surface area contributed by atoms with Crippen LogP contribution in [0, 0.1) is 5.92 Å². The van der Waals surface area contributed by atoms with E-state index in [1.807, 2.05) is 0 Å². The number of anilines is 1. The standard InChI is InChI=1S/C28H29N/c1-28(2,3)22-15-12-20(13-16-22)27-24-11-7-10-23(24)25-18-21(14-17-26(25)29-27)19-8-5-4-6-9-19/h4-10,12-18,23-24,27,29H,11H2,1-3H3/t23-,24-,27-/m0/s1. The summed E-state index contributed by atoms with van der Waals surface area (Å²) in [4.78, 5) is 0. The highest BCUT2D eigenvalue weighted by Crippen LogP contribution is 2.50. The first-order valence-corrected chi connectivity index (χ1v) is 10.7. The van der Waals surface area contributed by atoms with Crippen molar-refractivity contribution in [2.24, 2.45) is 5.92 Å². The summed E-state index contributed by atoms with van der Waals surface area (Å²) in [5, 5.41) is 3.88. The third kappa shape index (κ3) is 3.29. The van der Waals surface area contributed by atoms with Crippen molar-refractivity contribution in [2.45, 2.75) is 44.6 Å². The van der Waals surface area contributed by atoms with Gasteiger partial charge in [-0.1, -0.05) is 93.6 Å². The molecule has 1 aliphatic heterocycles. The molecule has 1 nitrogen and oxygen atoms in total. The molecule has 0 saturated carbocycles. The maximum atomic E-state index is 3.88. The van der Waals surface area contributed by atoms with Crippen molar-refractivity contribution < 1.29 is 0 Å². The molecule has 1 heterocycles. The largest absolute Gasteiger partial charge is 0.378 e. The summed E-state index contributed by atoms with van der Waals surface area (Å²) in [5.74, 6) is 1.07. The summed E-state index contributed by atoms with van der Waals surface area (Å²) < 4.78 is 0. The van der Waals surface area contributed by atoms with Crippen molar-refractivity contribution in [3.8, 4) is 11.1 Å². The Balaban J connectivity index is 1.50. The summed E-state index contributed by atoms with van der Waals surface area (Å²) in [5.41, 5.74) is 8.29. The highest BCUT2D eigenvalue weighted by atomic mass is 15.0. The molecule has 1 aliphatic carbocycles. The molecule has 3 aromatic carbocycles. The highest BCUT2D eigenvalue weighted by Gasteiger charge is 2.38. The van der Waals surface area contributed by atoms with Gasteiger partial charge in [-0.05, 0) is 57.7 Å². The maximum absolute atomic E-state index is 3.88. The van der Waals surface area contributed by atoms with Crippen LogP contribution in [0.25, 0.3) is 11.1 Å². The number of hydrogen-bond acceptors (Lipinski definition) is 1. The van der Waals surface area contributed by atoms with Gasteiger partial charge < -0.3 is 5.32 Å². The Kier molecular flexibility index (Phi) is 4.35. The van der Waals surface area contributed by atoms with Crippen LogP contribution in [0.3, 0.4) is 0 Å². The molecule has 0 radical (unpaired) electrons. The minimum atomic E-state index is 0.191. The lowest BCUT2D eigenvalue weighted by molar-refractivity contribution is 0.425. The van der Waals surface area contributed by atoms with Gasteiger partial charge in [0, 0.05) is 11.6 Å². The second-order valence-corrected chi connectivity index (χ2v) is 9.52. The van der Waals surface area contributed by atoms with Gasteiger partial charge in [0.25, 0.3) is 0 Å². The molecule has 0 amide bonds. The Morgan fingerprint density at radius 2 is 1.59 bits per heavy atom. The first-order chi connectivity index (χ1) is 14.0. The molecule has 29 heavy (non-hydrogen) atoms. The van der Waals surface area contributed by atoms with Gasteiger partial charge in [-0.15, -0.1) is 0 Å². The van der Waals surface area contributed by atoms with Crippen molar-refractivity contribution in [1.29, 1.82) is 0 Å². The van der Waals surface area contributed by atoms with Crippen LogP contribution in [0.15, 0.2) is 84.9 Å². The van der Waals surface area contributed by atoms with E-state index >= 15 is 0 Å². The Hall–Kier alpha value is -2.80. The molecule has 0 unspecified atom stereocenters. The lowest BCUT2D eigenvalue weighted by Crippen LogP contribution is -2.29. The molecule has 2 aliphatic rings. The number of rotatable bonds is 2. The van der Waals surface area contributed by atoms with Crippen molar-refractivity contribution in [3.05, 3.63) is 102 Å². The molecule has 0 spiro atoms. The Morgan fingerprint density at radius 1 is 0.828 bits per heavy atom. The molecule has 0 aromatic heterocycles. The van der Waals surface area contributed by atoms with Crippen LogP contribution in [0.1, 0.15) is 55.8 Å². The average Bonchev–Trinajstić information content (AvgIpc) is 3.23. The van der Waals surface area contributed by atoms with Crippen molar-refractivity contribution in [3.63, 3.8) is 0 Å². The van der Waals surface area contributed by atoms with Gasteiger partial charge in [0.2, 0.25) is 0 Å². The van der Waals surface area contributed by atoms with E-state index in [9.17, 15) is 0 Å². The van der Waals surface area contributed by atoms with E-state index in [1.54, 1.807) is 0 Å². The quantitative estimate of drug-likeness (QED) is 0.455. The molecular weight excluding hydrogens is 350 g/mol. The maximum Gasteiger partial charge on any atom is 0.0553 e. The van der Waals surface area contributed by atoms with Crippen molar-refractivity contribution >= 4 is 5.69 Å². The zero-order valence-corrected chi connectivity index (χ0v) is 17.5. The van der Waals surface area contributed by atoms with E-state index in [2.05, 4.69) is 111 Å². The number of benzene rings is 3. The number of nitrogens with one attached hydrogen (secondary N) is 1. The second kappa shape index (κ2) is 6.91. The average molecular weight is 380 g/mol. The summed E-state index contributed by atoms with van der Waals surface area (Å²) in [6, 6.07) is 27.2. The lowest BCUT2D eigenvalue weighted by Gasteiger charge is -2.38. The van der Waals surface area contributed by atoms with Gasteiger partial charge >= 0.3 is 0 Å². The Bertz CT molecular complexity index is 1040. The van der Waals surface area contributed by atoms with Crippen molar-refractivity contribution in [1.82, 2.24) is 0 Å². The van der Waals surface area contributed by atoms with Crippen LogP contribution >= 0.6 is 0 Å². The monoisotopic (exact) mass is 379 g/mol.